The highest BCUT2D eigenvalue weighted by Crippen LogP contribution is 2.32. The predicted octanol–water partition coefficient (Wildman–Crippen LogP) is 4.34. The predicted molar refractivity (Wildman–Crippen MR) is 98.4 cm³/mol. The Morgan fingerprint density at radius 2 is 1.92 bits per heavy atom. The van der Waals surface area contributed by atoms with Gasteiger partial charge in [0.25, 0.3) is 0 Å². The van der Waals surface area contributed by atoms with Crippen LogP contribution in [0.15, 0.2) is 36.5 Å². The first-order chi connectivity index (χ1) is 11.8. The molecular formula is C20H26N4. The van der Waals surface area contributed by atoms with Gasteiger partial charge in [0.2, 0.25) is 5.95 Å². The van der Waals surface area contributed by atoms with Crippen molar-refractivity contribution in [1.82, 2.24) is 9.97 Å². The number of fused-ring (bicyclic) bond motifs is 1. The highest BCUT2D eigenvalue weighted by Gasteiger charge is 2.25. The van der Waals surface area contributed by atoms with Crippen molar-refractivity contribution in [3.05, 3.63) is 47.7 Å². The molecule has 2 aliphatic rings. The van der Waals surface area contributed by atoms with E-state index in [9.17, 15) is 0 Å². The van der Waals surface area contributed by atoms with Crippen LogP contribution in [0.5, 0.6) is 0 Å². The van der Waals surface area contributed by atoms with Gasteiger partial charge >= 0.3 is 0 Å². The molecule has 0 unspecified atom stereocenters. The summed E-state index contributed by atoms with van der Waals surface area (Å²) in [5.41, 5.74) is 2.89. The van der Waals surface area contributed by atoms with Crippen LogP contribution in [0.2, 0.25) is 0 Å². The maximum Gasteiger partial charge on any atom is 0.224 e. The molecule has 2 heterocycles. The van der Waals surface area contributed by atoms with Crippen LogP contribution in [-0.4, -0.2) is 22.6 Å². The summed E-state index contributed by atoms with van der Waals surface area (Å²) in [4.78, 5) is 11.7. The van der Waals surface area contributed by atoms with E-state index in [2.05, 4.69) is 46.4 Å². The van der Waals surface area contributed by atoms with Gasteiger partial charge < -0.3 is 10.2 Å². The Bertz CT molecular complexity index is 694. The summed E-state index contributed by atoms with van der Waals surface area (Å²) >= 11 is 0. The quantitative estimate of drug-likeness (QED) is 0.912. The maximum atomic E-state index is 4.82. The molecule has 1 aromatic carbocycles. The number of nitrogens with one attached hydrogen (secondary N) is 1. The third-order valence-corrected chi connectivity index (χ3v) is 5.47. The fourth-order valence-electron chi connectivity index (χ4n) is 4.09. The zero-order chi connectivity index (χ0) is 16.4. The van der Waals surface area contributed by atoms with Gasteiger partial charge in [-0.2, -0.15) is 4.98 Å². The van der Waals surface area contributed by atoms with E-state index < -0.39 is 0 Å². The molecule has 1 N–H and O–H groups in total. The third kappa shape index (κ3) is 3.10. The Balaban J connectivity index is 1.53. The molecule has 0 bridgehead atoms. The van der Waals surface area contributed by atoms with Crippen molar-refractivity contribution in [3.8, 4) is 0 Å². The van der Waals surface area contributed by atoms with Gasteiger partial charge in [-0.25, -0.2) is 4.98 Å². The van der Waals surface area contributed by atoms with E-state index >= 15 is 0 Å². The molecule has 0 amide bonds. The number of hydrogen-bond acceptors (Lipinski definition) is 4. The van der Waals surface area contributed by atoms with Crippen LogP contribution in [-0.2, 0) is 6.42 Å². The molecular weight excluding hydrogens is 296 g/mol. The minimum absolute atomic E-state index is 0.354. The van der Waals surface area contributed by atoms with Gasteiger partial charge in [0, 0.05) is 18.8 Å². The smallest absolute Gasteiger partial charge is 0.224 e. The van der Waals surface area contributed by atoms with Crippen LogP contribution in [0.25, 0.3) is 0 Å². The Kier molecular flexibility index (Phi) is 4.37. The van der Waals surface area contributed by atoms with E-state index in [-0.39, 0.29) is 0 Å². The molecule has 4 heteroatoms. The van der Waals surface area contributed by atoms with Gasteiger partial charge in [-0.05, 0) is 43.4 Å². The van der Waals surface area contributed by atoms with E-state index in [4.69, 9.17) is 4.98 Å². The second-order valence-corrected chi connectivity index (χ2v) is 7.04. The van der Waals surface area contributed by atoms with E-state index in [0.29, 0.717) is 12.1 Å². The van der Waals surface area contributed by atoms with Crippen LogP contribution in [0.3, 0.4) is 0 Å². The van der Waals surface area contributed by atoms with Crippen LogP contribution >= 0.6 is 0 Å². The van der Waals surface area contributed by atoms with Crippen molar-refractivity contribution >= 4 is 11.8 Å². The Hall–Kier alpha value is -2.10. The zero-order valence-electron chi connectivity index (χ0n) is 14.4. The lowest BCUT2D eigenvalue weighted by Crippen LogP contribution is -2.34. The number of aromatic nitrogens is 2. The third-order valence-electron chi connectivity index (χ3n) is 5.47. The van der Waals surface area contributed by atoms with Crippen molar-refractivity contribution in [3.63, 3.8) is 0 Å². The number of nitrogens with zero attached hydrogens (tertiary/aromatic N) is 3. The van der Waals surface area contributed by atoms with Crippen LogP contribution in [0, 0.1) is 0 Å². The van der Waals surface area contributed by atoms with Crippen LogP contribution in [0.4, 0.5) is 11.8 Å². The van der Waals surface area contributed by atoms with Gasteiger partial charge in [-0.3, -0.25) is 0 Å². The summed E-state index contributed by atoms with van der Waals surface area (Å²) in [7, 11) is 0. The lowest BCUT2D eigenvalue weighted by Gasteiger charge is -2.36. The number of hydrogen-bond donors (Lipinski definition) is 1. The van der Waals surface area contributed by atoms with E-state index in [0.717, 1.165) is 24.7 Å². The van der Waals surface area contributed by atoms with Gasteiger partial charge in [0.05, 0.1) is 6.04 Å². The topological polar surface area (TPSA) is 41.1 Å². The average Bonchev–Trinajstić information content (AvgIpc) is 2.63. The molecule has 1 aromatic heterocycles. The van der Waals surface area contributed by atoms with Gasteiger partial charge in [0.1, 0.15) is 5.82 Å². The lowest BCUT2D eigenvalue weighted by molar-refractivity contribution is 0.460. The summed E-state index contributed by atoms with van der Waals surface area (Å²) < 4.78 is 0. The summed E-state index contributed by atoms with van der Waals surface area (Å²) in [5, 5.41) is 3.55. The van der Waals surface area contributed by atoms with Gasteiger partial charge in [-0.1, -0.05) is 43.5 Å². The molecule has 0 saturated heterocycles. The molecule has 2 aromatic rings. The molecule has 0 spiro atoms. The first kappa shape index (κ1) is 15.4. The van der Waals surface area contributed by atoms with E-state index in [1.165, 1.54) is 43.2 Å². The van der Waals surface area contributed by atoms with Crippen molar-refractivity contribution in [1.29, 1.82) is 0 Å². The summed E-state index contributed by atoms with van der Waals surface area (Å²) in [5.74, 6) is 1.82. The minimum atomic E-state index is 0.354. The molecule has 4 rings (SSSR count). The first-order valence-corrected chi connectivity index (χ1v) is 9.25. The SMILES string of the molecule is C[C@H]1c2ccccc2CCN1c1ccnc(NC2CCCCC2)n1. The molecule has 1 aliphatic heterocycles. The zero-order valence-corrected chi connectivity index (χ0v) is 14.4. The molecule has 1 aliphatic carbocycles. The average molecular weight is 322 g/mol. The van der Waals surface area contributed by atoms with Crippen molar-refractivity contribution < 1.29 is 0 Å². The van der Waals surface area contributed by atoms with Gasteiger partial charge in [-0.15, -0.1) is 0 Å². The van der Waals surface area contributed by atoms with Crippen molar-refractivity contribution in [2.45, 2.75) is 57.5 Å². The Morgan fingerprint density at radius 1 is 1.08 bits per heavy atom. The van der Waals surface area contributed by atoms with Gasteiger partial charge in [0.15, 0.2) is 0 Å². The van der Waals surface area contributed by atoms with Crippen molar-refractivity contribution in [2.75, 3.05) is 16.8 Å². The normalized spacial score (nSPS) is 21.4. The molecule has 1 saturated carbocycles. The first-order valence-electron chi connectivity index (χ1n) is 9.25. The Morgan fingerprint density at radius 3 is 2.79 bits per heavy atom. The Labute approximate surface area is 144 Å². The summed E-state index contributed by atoms with van der Waals surface area (Å²) in [6, 6.07) is 11.7. The minimum Gasteiger partial charge on any atom is -0.351 e. The second-order valence-electron chi connectivity index (χ2n) is 7.04. The molecule has 126 valence electrons. The fraction of sp³-hybridized carbons (Fsp3) is 0.500. The van der Waals surface area contributed by atoms with Crippen molar-refractivity contribution in [2.24, 2.45) is 0 Å². The number of rotatable bonds is 3. The standard InChI is InChI=1S/C20H26N4/c1-15-18-10-6-5-7-16(18)12-14-24(15)19-11-13-21-20(23-19)22-17-8-3-2-4-9-17/h5-7,10-11,13,15,17H,2-4,8-9,12,14H2,1H3,(H,21,22,23)/t15-/m0/s1. The number of anilines is 2. The molecule has 1 atom stereocenters. The molecule has 1 fully saturated rings. The van der Waals surface area contributed by atoms with E-state index in [1.807, 2.05) is 12.3 Å². The molecule has 24 heavy (non-hydrogen) atoms. The molecule has 4 nitrogen and oxygen atoms in total. The molecule has 0 radical (unpaired) electrons. The second kappa shape index (κ2) is 6.80. The highest BCUT2D eigenvalue weighted by atomic mass is 15.2. The van der Waals surface area contributed by atoms with Crippen LogP contribution in [0.1, 0.15) is 56.2 Å². The highest BCUT2D eigenvalue weighted by molar-refractivity contribution is 5.49. The number of benzene rings is 1. The largest absolute Gasteiger partial charge is 0.351 e. The van der Waals surface area contributed by atoms with E-state index in [1.54, 1.807) is 0 Å². The lowest BCUT2D eigenvalue weighted by atomic mass is 9.94. The summed E-state index contributed by atoms with van der Waals surface area (Å²) in [6.07, 6.45) is 9.44. The fourth-order valence-corrected chi connectivity index (χ4v) is 4.09. The van der Waals surface area contributed by atoms with Crippen LogP contribution < -0.4 is 10.2 Å². The monoisotopic (exact) mass is 322 g/mol. The summed E-state index contributed by atoms with van der Waals surface area (Å²) in [6.45, 7) is 3.28. The maximum absolute atomic E-state index is 4.82.